The fourth-order valence-electron chi connectivity index (χ4n) is 2.92. The Bertz CT molecular complexity index is 662. The first kappa shape index (κ1) is 16.5. The highest BCUT2D eigenvalue weighted by Gasteiger charge is 2.11. The Morgan fingerprint density at radius 3 is 2.50 bits per heavy atom. The maximum absolute atomic E-state index is 12.3. The summed E-state index contributed by atoms with van der Waals surface area (Å²) in [5, 5.41) is 2.84. The number of anilines is 1. The lowest BCUT2D eigenvalue weighted by atomic mass is 10.1. The van der Waals surface area contributed by atoms with Crippen LogP contribution in [-0.2, 0) is 6.54 Å². The lowest BCUT2D eigenvalue weighted by Crippen LogP contribution is -2.29. The minimum absolute atomic E-state index is 0.133. The van der Waals surface area contributed by atoms with Gasteiger partial charge in [0.05, 0.1) is 19.0 Å². The van der Waals surface area contributed by atoms with E-state index >= 15 is 0 Å². The van der Waals surface area contributed by atoms with Gasteiger partial charge in [0.15, 0.2) is 0 Å². The van der Waals surface area contributed by atoms with E-state index in [4.69, 9.17) is 4.74 Å². The molecule has 0 atom stereocenters. The Morgan fingerprint density at radius 2 is 1.88 bits per heavy atom. The number of carbonyl (C=O) groups is 1. The van der Waals surface area contributed by atoms with Crippen LogP contribution in [-0.4, -0.2) is 36.0 Å². The Hall–Kier alpha value is -2.40. The standard InChI is InChI=1S/C19H23N3O2/c1-24-18-10-9-17(13-20-18)21-19(23)16-7-5-15(6-8-16)14-22-11-3-2-4-12-22/h5-10,13H,2-4,11-12,14H2,1H3,(H,21,23). The second-order valence-corrected chi connectivity index (χ2v) is 6.08. The van der Waals surface area contributed by atoms with Crippen LogP contribution in [0.25, 0.3) is 0 Å². The van der Waals surface area contributed by atoms with Crippen molar-refractivity contribution in [1.29, 1.82) is 0 Å². The second-order valence-electron chi connectivity index (χ2n) is 6.08. The van der Waals surface area contributed by atoms with Gasteiger partial charge in [0.25, 0.3) is 5.91 Å². The number of aromatic nitrogens is 1. The summed E-state index contributed by atoms with van der Waals surface area (Å²) < 4.78 is 5.01. The van der Waals surface area contributed by atoms with Crippen molar-refractivity contribution in [3.63, 3.8) is 0 Å². The van der Waals surface area contributed by atoms with E-state index in [2.05, 4.69) is 15.2 Å². The number of hydrogen-bond acceptors (Lipinski definition) is 4. The topological polar surface area (TPSA) is 54.5 Å². The zero-order valence-corrected chi connectivity index (χ0v) is 14.0. The minimum Gasteiger partial charge on any atom is -0.481 e. The molecule has 1 aliphatic rings. The summed E-state index contributed by atoms with van der Waals surface area (Å²) in [5.41, 5.74) is 2.55. The Morgan fingerprint density at radius 1 is 1.12 bits per heavy atom. The van der Waals surface area contributed by atoms with Gasteiger partial charge in [-0.15, -0.1) is 0 Å². The molecule has 0 saturated carbocycles. The van der Waals surface area contributed by atoms with Gasteiger partial charge in [0.2, 0.25) is 5.88 Å². The molecular formula is C19H23N3O2. The molecular weight excluding hydrogens is 302 g/mol. The summed E-state index contributed by atoms with van der Waals surface area (Å²) in [6.45, 7) is 3.31. The highest BCUT2D eigenvalue weighted by Crippen LogP contribution is 2.15. The number of nitrogens with one attached hydrogen (secondary N) is 1. The molecule has 2 aromatic rings. The number of carbonyl (C=O) groups excluding carboxylic acids is 1. The number of ether oxygens (including phenoxy) is 1. The third kappa shape index (κ3) is 4.32. The van der Waals surface area contributed by atoms with Gasteiger partial charge in [-0.2, -0.15) is 0 Å². The van der Waals surface area contributed by atoms with Gasteiger partial charge in [-0.3, -0.25) is 9.69 Å². The van der Waals surface area contributed by atoms with E-state index in [0.29, 0.717) is 17.1 Å². The molecule has 2 heterocycles. The van der Waals surface area contributed by atoms with Gasteiger partial charge in [-0.05, 0) is 49.7 Å². The first-order valence-electron chi connectivity index (χ1n) is 8.37. The summed E-state index contributed by atoms with van der Waals surface area (Å²) >= 11 is 0. The molecule has 0 bridgehead atoms. The second kappa shape index (κ2) is 7.93. The molecule has 1 saturated heterocycles. The van der Waals surface area contributed by atoms with Gasteiger partial charge in [-0.25, -0.2) is 4.98 Å². The number of nitrogens with zero attached hydrogens (tertiary/aromatic N) is 2. The number of methoxy groups -OCH3 is 1. The maximum Gasteiger partial charge on any atom is 0.255 e. The molecule has 0 spiro atoms. The Labute approximate surface area is 142 Å². The van der Waals surface area contributed by atoms with E-state index in [0.717, 1.165) is 6.54 Å². The molecule has 5 heteroatoms. The largest absolute Gasteiger partial charge is 0.481 e. The number of likely N-dealkylation sites (tertiary alicyclic amines) is 1. The number of amides is 1. The molecule has 1 N–H and O–H groups in total. The van der Waals surface area contributed by atoms with Crippen LogP contribution in [0.1, 0.15) is 35.2 Å². The molecule has 3 rings (SSSR count). The van der Waals surface area contributed by atoms with Crippen LogP contribution in [0.3, 0.4) is 0 Å². The van der Waals surface area contributed by atoms with Crippen LogP contribution in [0, 0.1) is 0 Å². The minimum atomic E-state index is -0.133. The van der Waals surface area contributed by atoms with Gasteiger partial charge in [-0.1, -0.05) is 18.6 Å². The monoisotopic (exact) mass is 325 g/mol. The van der Waals surface area contributed by atoms with E-state index in [9.17, 15) is 4.79 Å². The molecule has 1 aliphatic heterocycles. The maximum atomic E-state index is 12.3. The smallest absolute Gasteiger partial charge is 0.255 e. The summed E-state index contributed by atoms with van der Waals surface area (Å²) in [6.07, 6.45) is 5.50. The summed E-state index contributed by atoms with van der Waals surface area (Å²) in [4.78, 5) is 18.8. The van der Waals surface area contributed by atoms with E-state index in [1.165, 1.54) is 37.9 Å². The highest BCUT2D eigenvalue weighted by molar-refractivity contribution is 6.04. The molecule has 1 amide bonds. The molecule has 1 aromatic carbocycles. The number of benzene rings is 1. The predicted molar refractivity (Wildman–Crippen MR) is 94.3 cm³/mol. The van der Waals surface area contributed by atoms with Crippen LogP contribution >= 0.6 is 0 Å². The zero-order chi connectivity index (χ0) is 16.8. The average Bonchev–Trinajstić information content (AvgIpc) is 2.64. The van der Waals surface area contributed by atoms with Crippen molar-refractivity contribution in [2.24, 2.45) is 0 Å². The van der Waals surface area contributed by atoms with Gasteiger partial charge in [0, 0.05) is 18.2 Å². The first-order valence-corrected chi connectivity index (χ1v) is 8.37. The van der Waals surface area contributed by atoms with E-state index in [-0.39, 0.29) is 5.91 Å². The fraction of sp³-hybridized carbons (Fsp3) is 0.368. The fourth-order valence-corrected chi connectivity index (χ4v) is 2.92. The number of hydrogen-bond donors (Lipinski definition) is 1. The van der Waals surface area contributed by atoms with Crippen molar-refractivity contribution in [1.82, 2.24) is 9.88 Å². The van der Waals surface area contributed by atoms with Crippen molar-refractivity contribution in [3.05, 3.63) is 53.7 Å². The zero-order valence-electron chi connectivity index (χ0n) is 14.0. The highest BCUT2D eigenvalue weighted by atomic mass is 16.5. The van der Waals surface area contributed by atoms with Crippen LogP contribution < -0.4 is 10.1 Å². The third-order valence-corrected chi connectivity index (χ3v) is 4.27. The number of piperidine rings is 1. The Kier molecular flexibility index (Phi) is 5.43. The summed E-state index contributed by atoms with van der Waals surface area (Å²) in [7, 11) is 1.56. The van der Waals surface area contributed by atoms with E-state index in [1.807, 2.05) is 24.3 Å². The van der Waals surface area contributed by atoms with E-state index < -0.39 is 0 Å². The normalized spacial score (nSPS) is 15.0. The molecule has 1 fully saturated rings. The van der Waals surface area contributed by atoms with Crippen LogP contribution in [0.4, 0.5) is 5.69 Å². The molecule has 126 valence electrons. The summed E-state index contributed by atoms with van der Waals surface area (Å²) in [6, 6.07) is 11.3. The quantitative estimate of drug-likeness (QED) is 0.916. The van der Waals surface area contributed by atoms with Crippen molar-refractivity contribution < 1.29 is 9.53 Å². The molecule has 0 aliphatic carbocycles. The van der Waals surface area contributed by atoms with Crippen LogP contribution in [0.5, 0.6) is 5.88 Å². The number of pyridine rings is 1. The third-order valence-electron chi connectivity index (χ3n) is 4.27. The van der Waals surface area contributed by atoms with Crippen LogP contribution in [0.2, 0.25) is 0 Å². The predicted octanol–water partition coefficient (Wildman–Crippen LogP) is 3.33. The van der Waals surface area contributed by atoms with Gasteiger partial charge in [0.1, 0.15) is 0 Å². The molecule has 0 radical (unpaired) electrons. The Balaban J connectivity index is 1.58. The van der Waals surface area contributed by atoms with Crippen LogP contribution in [0.15, 0.2) is 42.6 Å². The molecule has 24 heavy (non-hydrogen) atoms. The SMILES string of the molecule is COc1ccc(NC(=O)c2ccc(CN3CCCCC3)cc2)cn1. The van der Waals surface area contributed by atoms with Crippen molar-refractivity contribution in [3.8, 4) is 5.88 Å². The molecule has 1 aromatic heterocycles. The average molecular weight is 325 g/mol. The van der Waals surface area contributed by atoms with E-state index in [1.54, 1.807) is 25.4 Å². The number of rotatable bonds is 5. The lowest BCUT2D eigenvalue weighted by Gasteiger charge is -2.26. The molecule has 0 unspecified atom stereocenters. The first-order chi connectivity index (χ1) is 11.7. The summed E-state index contributed by atoms with van der Waals surface area (Å²) in [5.74, 6) is 0.390. The van der Waals surface area contributed by atoms with Crippen molar-refractivity contribution in [2.75, 3.05) is 25.5 Å². The van der Waals surface area contributed by atoms with Gasteiger partial charge < -0.3 is 10.1 Å². The van der Waals surface area contributed by atoms with Gasteiger partial charge >= 0.3 is 0 Å². The molecule has 5 nitrogen and oxygen atoms in total. The van der Waals surface area contributed by atoms with Crippen molar-refractivity contribution in [2.45, 2.75) is 25.8 Å². The lowest BCUT2D eigenvalue weighted by molar-refractivity contribution is 0.102. The van der Waals surface area contributed by atoms with Crippen molar-refractivity contribution >= 4 is 11.6 Å².